The molecule has 2 N–H and O–H groups in total. The van der Waals surface area contributed by atoms with Crippen LogP contribution in [0.5, 0.6) is 5.75 Å². The van der Waals surface area contributed by atoms with Gasteiger partial charge in [-0.25, -0.2) is 0 Å². The molecule has 0 fully saturated rings. The number of hydrogen-bond acceptors (Lipinski definition) is 4. The highest BCUT2D eigenvalue weighted by Crippen LogP contribution is 2.17. The molecule has 6 nitrogen and oxygen atoms in total. The second-order valence-electron chi connectivity index (χ2n) is 3.81. The van der Waals surface area contributed by atoms with Gasteiger partial charge in [-0.3, -0.25) is 14.9 Å². The average molecular weight is 258 g/mol. The van der Waals surface area contributed by atoms with E-state index >= 15 is 0 Å². The molecule has 2 aromatic carbocycles. The van der Waals surface area contributed by atoms with Gasteiger partial charge in [-0.1, -0.05) is 6.07 Å². The van der Waals surface area contributed by atoms with Crippen molar-refractivity contribution >= 4 is 17.3 Å². The summed E-state index contributed by atoms with van der Waals surface area (Å²) in [5.74, 6) is -0.359. The quantitative estimate of drug-likeness (QED) is 0.502. The Balaban J connectivity index is 2.18. The predicted molar refractivity (Wildman–Crippen MR) is 69.2 cm³/mol. The maximum atomic E-state index is 11.9. The Labute approximate surface area is 108 Å². The molecule has 6 heteroatoms. The lowest BCUT2D eigenvalue weighted by molar-refractivity contribution is -0.384. The second-order valence-corrected chi connectivity index (χ2v) is 3.81. The highest BCUT2D eigenvalue weighted by atomic mass is 16.6. The number of benzene rings is 2. The molecule has 0 spiro atoms. The number of nitrogens with zero attached hydrogens (tertiary/aromatic N) is 1. The Morgan fingerprint density at radius 1 is 1.16 bits per heavy atom. The number of nitro groups is 1. The molecule has 0 aliphatic rings. The van der Waals surface area contributed by atoms with Gasteiger partial charge in [-0.2, -0.15) is 0 Å². The van der Waals surface area contributed by atoms with Crippen molar-refractivity contribution in [3.05, 3.63) is 64.2 Å². The fraction of sp³-hybridized carbons (Fsp3) is 0. The fourth-order valence-corrected chi connectivity index (χ4v) is 1.51. The number of anilines is 1. The molecule has 1 amide bonds. The second kappa shape index (κ2) is 5.18. The third-order valence-corrected chi connectivity index (χ3v) is 2.44. The summed E-state index contributed by atoms with van der Waals surface area (Å²) in [5, 5.41) is 22.3. The molecule has 0 radical (unpaired) electrons. The maximum absolute atomic E-state index is 11.9. The van der Waals surface area contributed by atoms with E-state index in [9.17, 15) is 14.9 Å². The summed E-state index contributed by atoms with van der Waals surface area (Å²) in [6, 6.07) is 11.4. The van der Waals surface area contributed by atoms with E-state index in [-0.39, 0.29) is 17.0 Å². The number of carbonyl (C=O) groups excluding carboxylic acids is 1. The molecule has 0 saturated carbocycles. The molecular weight excluding hydrogens is 248 g/mol. The van der Waals surface area contributed by atoms with Crippen molar-refractivity contribution in [2.75, 3.05) is 5.32 Å². The molecule has 0 unspecified atom stereocenters. The smallest absolute Gasteiger partial charge is 0.270 e. The van der Waals surface area contributed by atoms with Crippen LogP contribution in [0.3, 0.4) is 0 Å². The SMILES string of the molecule is O=C(Nc1ccc(O)cc1)c1cccc([N+](=O)[O-])c1. The summed E-state index contributed by atoms with van der Waals surface area (Å²) in [6.07, 6.45) is 0. The van der Waals surface area contributed by atoms with Crippen LogP contribution in [-0.2, 0) is 0 Å². The summed E-state index contributed by atoms with van der Waals surface area (Å²) in [5.41, 5.74) is 0.551. The van der Waals surface area contributed by atoms with Crippen LogP contribution in [0, 0.1) is 10.1 Å². The van der Waals surface area contributed by atoms with E-state index in [0.29, 0.717) is 5.69 Å². The van der Waals surface area contributed by atoms with Gasteiger partial charge in [0.05, 0.1) is 4.92 Å². The van der Waals surface area contributed by atoms with E-state index in [1.165, 1.54) is 48.5 Å². The third kappa shape index (κ3) is 3.06. The molecule has 0 aliphatic heterocycles. The summed E-state index contributed by atoms with van der Waals surface area (Å²) >= 11 is 0. The van der Waals surface area contributed by atoms with Crippen molar-refractivity contribution in [2.45, 2.75) is 0 Å². The molecule has 0 heterocycles. The van der Waals surface area contributed by atoms with E-state index in [4.69, 9.17) is 5.11 Å². The van der Waals surface area contributed by atoms with Crippen molar-refractivity contribution < 1.29 is 14.8 Å². The zero-order chi connectivity index (χ0) is 13.8. The molecule has 0 saturated heterocycles. The van der Waals surface area contributed by atoms with Gasteiger partial charge in [-0.15, -0.1) is 0 Å². The van der Waals surface area contributed by atoms with Crippen LogP contribution in [-0.4, -0.2) is 15.9 Å². The van der Waals surface area contributed by atoms with Crippen LogP contribution in [0.2, 0.25) is 0 Å². The number of amides is 1. The van der Waals surface area contributed by atoms with Crippen molar-refractivity contribution in [2.24, 2.45) is 0 Å². The van der Waals surface area contributed by atoms with E-state index in [0.717, 1.165) is 0 Å². The lowest BCUT2D eigenvalue weighted by Gasteiger charge is -2.05. The van der Waals surface area contributed by atoms with Gasteiger partial charge in [0.2, 0.25) is 0 Å². The minimum absolute atomic E-state index is 0.0911. The van der Waals surface area contributed by atoms with Gasteiger partial charge in [0, 0.05) is 23.4 Å². The first-order chi connectivity index (χ1) is 9.06. The van der Waals surface area contributed by atoms with Gasteiger partial charge >= 0.3 is 0 Å². The Bertz CT molecular complexity index is 623. The van der Waals surface area contributed by atoms with Crippen molar-refractivity contribution in [1.82, 2.24) is 0 Å². The normalized spacial score (nSPS) is 9.89. The van der Waals surface area contributed by atoms with Crippen LogP contribution < -0.4 is 5.32 Å². The van der Waals surface area contributed by atoms with Crippen LogP contribution >= 0.6 is 0 Å². The Morgan fingerprint density at radius 2 is 1.84 bits per heavy atom. The first kappa shape index (κ1) is 12.6. The van der Waals surface area contributed by atoms with E-state index in [1.807, 2.05) is 0 Å². The van der Waals surface area contributed by atoms with Crippen molar-refractivity contribution in [3.8, 4) is 5.75 Å². The molecule has 0 atom stereocenters. The topological polar surface area (TPSA) is 92.5 Å². The Hall–Kier alpha value is -2.89. The number of aromatic hydroxyl groups is 1. The van der Waals surface area contributed by atoms with Gasteiger partial charge in [0.25, 0.3) is 11.6 Å². The number of nitrogens with one attached hydrogen (secondary N) is 1. The summed E-state index contributed by atoms with van der Waals surface area (Å²) < 4.78 is 0. The number of hydrogen-bond donors (Lipinski definition) is 2. The molecule has 2 rings (SSSR count). The first-order valence-corrected chi connectivity index (χ1v) is 5.41. The standard InChI is InChI=1S/C13H10N2O4/c16-12-6-4-10(5-7-12)14-13(17)9-2-1-3-11(8-9)15(18)19/h1-8,16H,(H,14,17). The molecule has 96 valence electrons. The van der Waals surface area contributed by atoms with Crippen LogP contribution in [0.25, 0.3) is 0 Å². The first-order valence-electron chi connectivity index (χ1n) is 5.41. The summed E-state index contributed by atoms with van der Waals surface area (Å²) in [7, 11) is 0. The average Bonchev–Trinajstić information content (AvgIpc) is 2.41. The number of carbonyl (C=O) groups is 1. The lowest BCUT2D eigenvalue weighted by atomic mass is 10.2. The molecular formula is C13H10N2O4. The minimum atomic E-state index is -0.558. The predicted octanol–water partition coefficient (Wildman–Crippen LogP) is 2.55. The van der Waals surface area contributed by atoms with Gasteiger partial charge in [-0.05, 0) is 30.3 Å². The van der Waals surface area contributed by atoms with E-state index in [1.54, 1.807) is 0 Å². The Morgan fingerprint density at radius 3 is 2.47 bits per heavy atom. The van der Waals surface area contributed by atoms with Gasteiger partial charge < -0.3 is 10.4 Å². The molecule has 0 bridgehead atoms. The molecule has 19 heavy (non-hydrogen) atoms. The highest BCUT2D eigenvalue weighted by Gasteiger charge is 2.11. The Kier molecular flexibility index (Phi) is 3.42. The molecule has 0 aliphatic carbocycles. The summed E-state index contributed by atoms with van der Waals surface area (Å²) in [4.78, 5) is 21.9. The highest BCUT2D eigenvalue weighted by molar-refractivity contribution is 6.04. The number of nitro benzene ring substituents is 1. The van der Waals surface area contributed by atoms with Crippen LogP contribution in [0.1, 0.15) is 10.4 Å². The van der Waals surface area contributed by atoms with E-state index < -0.39 is 10.8 Å². The zero-order valence-electron chi connectivity index (χ0n) is 9.74. The van der Waals surface area contributed by atoms with Crippen LogP contribution in [0.15, 0.2) is 48.5 Å². The van der Waals surface area contributed by atoms with Gasteiger partial charge in [0.15, 0.2) is 0 Å². The van der Waals surface area contributed by atoms with Gasteiger partial charge in [0.1, 0.15) is 5.75 Å². The van der Waals surface area contributed by atoms with Crippen molar-refractivity contribution in [3.63, 3.8) is 0 Å². The number of phenolic OH excluding ortho intramolecular Hbond substituents is 1. The number of non-ortho nitro benzene ring substituents is 1. The molecule has 2 aromatic rings. The third-order valence-electron chi connectivity index (χ3n) is 2.44. The number of rotatable bonds is 3. The number of phenols is 1. The summed E-state index contributed by atoms with van der Waals surface area (Å²) in [6.45, 7) is 0. The van der Waals surface area contributed by atoms with Crippen molar-refractivity contribution in [1.29, 1.82) is 0 Å². The minimum Gasteiger partial charge on any atom is -0.508 e. The fourth-order valence-electron chi connectivity index (χ4n) is 1.51. The molecule has 0 aromatic heterocycles. The monoisotopic (exact) mass is 258 g/mol. The largest absolute Gasteiger partial charge is 0.508 e. The van der Waals surface area contributed by atoms with E-state index in [2.05, 4.69) is 5.32 Å². The lowest BCUT2D eigenvalue weighted by Crippen LogP contribution is -2.11. The van der Waals surface area contributed by atoms with Crippen LogP contribution in [0.4, 0.5) is 11.4 Å². The zero-order valence-corrected chi connectivity index (χ0v) is 9.74. The maximum Gasteiger partial charge on any atom is 0.270 e.